The third kappa shape index (κ3) is 1.28. The highest BCUT2D eigenvalue weighted by atomic mass is 15.4. The first kappa shape index (κ1) is 7.53. The summed E-state index contributed by atoms with van der Waals surface area (Å²) in [6.45, 7) is 2.14. The fourth-order valence-electron chi connectivity index (χ4n) is 2.34. The molecule has 3 nitrogen and oxygen atoms in total. The summed E-state index contributed by atoms with van der Waals surface area (Å²) in [5, 5.41) is 1.97. The van der Waals surface area contributed by atoms with Gasteiger partial charge in [0.1, 0.15) is 0 Å². The van der Waals surface area contributed by atoms with Gasteiger partial charge in [0.15, 0.2) is 0 Å². The van der Waals surface area contributed by atoms with Crippen molar-refractivity contribution in [3.8, 4) is 0 Å². The minimum Gasteiger partial charge on any atom is -0.299 e. The van der Waals surface area contributed by atoms with Gasteiger partial charge in [0.2, 0.25) is 0 Å². The van der Waals surface area contributed by atoms with Crippen molar-refractivity contribution in [2.75, 3.05) is 20.1 Å². The van der Waals surface area contributed by atoms with Gasteiger partial charge in [-0.2, -0.15) is 0 Å². The predicted molar refractivity (Wildman–Crippen MR) is 45.0 cm³/mol. The van der Waals surface area contributed by atoms with Crippen LogP contribution in [0.5, 0.6) is 0 Å². The van der Waals surface area contributed by atoms with Gasteiger partial charge < -0.3 is 0 Å². The molecule has 2 unspecified atom stereocenters. The number of rotatable bonds is 0. The lowest BCUT2D eigenvalue weighted by Crippen LogP contribution is -2.40. The van der Waals surface area contributed by atoms with Gasteiger partial charge in [-0.1, -0.05) is 0 Å². The first-order valence-electron chi connectivity index (χ1n) is 4.49. The van der Waals surface area contributed by atoms with Crippen molar-refractivity contribution < 1.29 is 0 Å². The Kier molecular flexibility index (Phi) is 1.87. The van der Waals surface area contributed by atoms with Crippen LogP contribution in [0.1, 0.15) is 19.3 Å². The second-order valence-electron chi connectivity index (χ2n) is 3.83. The van der Waals surface area contributed by atoms with E-state index < -0.39 is 0 Å². The van der Waals surface area contributed by atoms with Crippen molar-refractivity contribution in [2.45, 2.75) is 31.3 Å². The number of fused-ring (bicyclic) bond motifs is 2. The molecule has 2 heterocycles. The average Bonchev–Trinajstić information content (AvgIpc) is 2.20. The van der Waals surface area contributed by atoms with E-state index in [1.54, 1.807) is 0 Å². The summed E-state index contributed by atoms with van der Waals surface area (Å²) in [6, 6.07) is 1.54. The lowest BCUT2D eigenvalue weighted by Gasteiger charge is -2.22. The Morgan fingerprint density at radius 3 is 2.73 bits per heavy atom. The summed E-state index contributed by atoms with van der Waals surface area (Å²) < 4.78 is 0. The Balaban J connectivity index is 2.07. The Bertz CT molecular complexity index is 148. The summed E-state index contributed by atoms with van der Waals surface area (Å²) in [7, 11) is 2.24. The number of likely N-dealkylation sites (N-methyl/N-ethyl adjacent to an activating group) is 1. The molecule has 0 radical (unpaired) electrons. The molecular formula is C8H17N3. The summed E-state index contributed by atoms with van der Waals surface area (Å²) in [5.74, 6) is 5.79. The van der Waals surface area contributed by atoms with Crippen LogP contribution in [-0.2, 0) is 0 Å². The number of nitrogens with two attached hydrogens (primary N) is 1. The highest BCUT2D eigenvalue weighted by molar-refractivity contribution is 4.89. The minimum absolute atomic E-state index is 0.729. The molecule has 2 atom stereocenters. The highest BCUT2D eigenvalue weighted by Gasteiger charge is 2.33. The highest BCUT2D eigenvalue weighted by Crippen LogP contribution is 2.27. The maximum atomic E-state index is 5.79. The second kappa shape index (κ2) is 2.73. The summed E-state index contributed by atoms with van der Waals surface area (Å²) in [4.78, 5) is 2.51. The molecule has 0 aromatic rings. The average molecular weight is 155 g/mol. The van der Waals surface area contributed by atoms with Crippen LogP contribution in [0, 0.1) is 0 Å². The topological polar surface area (TPSA) is 32.5 Å². The third-order valence-corrected chi connectivity index (χ3v) is 3.18. The first-order chi connectivity index (χ1) is 5.27. The molecule has 0 aromatic heterocycles. The van der Waals surface area contributed by atoms with Gasteiger partial charge in [-0.3, -0.25) is 10.7 Å². The Morgan fingerprint density at radius 1 is 1.18 bits per heavy atom. The molecule has 2 N–H and O–H groups in total. The van der Waals surface area contributed by atoms with Crippen molar-refractivity contribution in [2.24, 2.45) is 5.84 Å². The monoisotopic (exact) mass is 155 g/mol. The van der Waals surface area contributed by atoms with E-state index in [0.29, 0.717) is 0 Å². The standard InChI is InChI=1S/C8H17N3/c1-10-7-2-3-8(10)6-11(9)5-4-7/h7-8H,2-6,9H2,1H3. The lowest BCUT2D eigenvalue weighted by atomic mass is 10.1. The summed E-state index contributed by atoms with van der Waals surface area (Å²) in [5.41, 5.74) is 0. The molecule has 2 bridgehead atoms. The van der Waals surface area contributed by atoms with Crippen molar-refractivity contribution >= 4 is 0 Å². The summed E-state index contributed by atoms with van der Waals surface area (Å²) in [6.07, 6.45) is 3.98. The molecule has 2 aliphatic heterocycles. The lowest BCUT2D eigenvalue weighted by molar-refractivity contribution is 0.222. The largest absolute Gasteiger partial charge is 0.299 e. The molecule has 3 heteroatoms. The van der Waals surface area contributed by atoms with Gasteiger partial charge in [-0.05, 0) is 26.3 Å². The van der Waals surface area contributed by atoms with Crippen LogP contribution in [0.25, 0.3) is 0 Å². The molecule has 0 aromatic carbocycles. The maximum absolute atomic E-state index is 5.79. The van der Waals surface area contributed by atoms with E-state index in [1.807, 2.05) is 5.01 Å². The zero-order valence-electron chi connectivity index (χ0n) is 7.16. The molecule has 0 saturated carbocycles. The zero-order chi connectivity index (χ0) is 7.84. The van der Waals surface area contributed by atoms with E-state index in [-0.39, 0.29) is 0 Å². The fourth-order valence-corrected chi connectivity index (χ4v) is 2.34. The van der Waals surface area contributed by atoms with Crippen LogP contribution >= 0.6 is 0 Å². The third-order valence-electron chi connectivity index (χ3n) is 3.18. The van der Waals surface area contributed by atoms with Crippen LogP contribution < -0.4 is 5.84 Å². The van der Waals surface area contributed by atoms with E-state index >= 15 is 0 Å². The van der Waals surface area contributed by atoms with Crippen LogP contribution in [0.4, 0.5) is 0 Å². The first-order valence-corrected chi connectivity index (χ1v) is 4.49. The molecular weight excluding hydrogens is 138 g/mol. The summed E-state index contributed by atoms with van der Waals surface area (Å²) >= 11 is 0. The number of hydrogen-bond donors (Lipinski definition) is 1. The Morgan fingerprint density at radius 2 is 1.91 bits per heavy atom. The number of hydrogen-bond acceptors (Lipinski definition) is 3. The van der Waals surface area contributed by atoms with Crippen molar-refractivity contribution in [1.82, 2.24) is 9.91 Å². The van der Waals surface area contributed by atoms with E-state index in [1.165, 1.54) is 19.3 Å². The van der Waals surface area contributed by atoms with Crippen LogP contribution in [0.2, 0.25) is 0 Å². The Labute approximate surface area is 68.1 Å². The fraction of sp³-hybridized carbons (Fsp3) is 1.00. The molecule has 11 heavy (non-hydrogen) atoms. The number of hydrazine groups is 1. The second-order valence-corrected chi connectivity index (χ2v) is 3.83. The zero-order valence-corrected chi connectivity index (χ0v) is 7.16. The molecule has 64 valence electrons. The smallest absolute Gasteiger partial charge is 0.0284 e. The number of nitrogens with zero attached hydrogens (tertiary/aromatic N) is 2. The van der Waals surface area contributed by atoms with E-state index in [0.717, 1.165) is 25.2 Å². The minimum atomic E-state index is 0.729. The normalized spacial score (nSPS) is 40.9. The molecule has 0 amide bonds. The molecule has 2 saturated heterocycles. The van der Waals surface area contributed by atoms with Crippen molar-refractivity contribution in [1.29, 1.82) is 0 Å². The SMILES string of the molecule is CN1C2CCC1CN(N)CC2. The predicted octanol–water partition coefficient (Wildman–Crippen LogP) is 0.0286. The van der Waals surface area contributed by atoms with Crippen LogP contribution in [0.3, 0.4) is 0 Å². The van der Waals surface area contributed by atoms with Gasteiger partial charge in [0.05, 0.1) is 0 Å². The molecule has 2 aliphatic rings. The maximum Gasteiger partial charge on any atom is 0.0284 e. The molecule has 2 fully saturated rings. The van der Waals surface area contributed by atoms with E-state index in [2.05, 4.69) is 11.9 Å². The van der Waals surface area contributed by atoms with E-state index in [9.17, 15) is 0 Å². The van der Waals surface area contributed by atoms with Gasteiger partial charge in [0.25, 0.3) is 0 Å². The van der Waals surface area contributed by atoms with Crippen molar-refractivity contribution in [3.05, 3.63) is 0 Å². The molecule has 2 rings (SSSR count). The van der Waals surface area contributed by atoms with Crippen molar-refractivity contribution in [3.63, 3.8) is 0 Å². The quantitative estimate of drug-likeness (QED) is 0.501. The Hall–Kier alpha value is -0.120. The molecule has 0 spiro atoms. The van der Waals surface area contributed by atoms with Gasteiger partial charge in [-0.25, -0.2) is 5.01 Å². The molecule has 0 aliphatic carbocycles. The van der Waals surface area contributed by atoms with E-state index in [4.69, 9.17) is 5.84 Å². The van der Waals surface area contributed by atoms with Crippen LogP contribution in [-0.4, -0.2) is 42.1 Å². The van der Waals surface area contributed by atoms with Gasteiger partial charge in [0, 0.05) is 25.2 Å². The van der Waals surface area contributed by atoms with Gasteiger partial charge in [-0.15, -0.1) is 0 Å². The van der Waals surface area contributed by atoms with Gasteiger partial charge >= 0.3 is 0 Å². The van der Waals surface area contributed by atoms with Crippen LogP contribution in [0.15, 0.2) is 0 Å².